The van der Waals surface area contributed by atoms with Gasteiger partial charge in [0.05, 0.1) is 17.4 Å². The van der Waals surface area contributed by atoms with Gasteiger partial charge in [0.1, 0.15) is 17.2 Å². The van der Waals surface area contributed by atoms with Gasteiger partial charge in [0, 0.05) is 18.0 Å². The van der Waals surface area contributed by atoms with Gasteiger partial charge in [-0.2, -0.15) is 5.10 Å². The molecule has 150 valence electrons. The number of fused-ring (bicyclic) bond motifs is 4. The Balaban J connectivity index is 1.74. The lowest BCUT2D eigenvalue weighted by molar-refractivity contribution is 0.0125. The minimum Gasteiger partial charge on any atom is -0.444 e. The van der Waals surface area contributed by atoms with Gasteiger partial charge in [-0.3, -0.25) is 4.90 Å². The average Bonchev–Trinajstić information content (AvgIpc) is 3.07. The second-order valence-corrected chi connectivity index (χ2v) is 8.89. The van der Waals surface area contributed by atoms with E-state index in [1.165, 1.54) is 0 Å². The predicted octanol–water partition coefficient (Wildman–Crippen LogP) is 4.21. The molecule has 3 heterocycles. The van der Waals surface area contributed by atoms with E-state index < -0.39 is 5.60 Å². The van der Waals surface area contributed by atoms with Gasteiger partial charge in [-0.15, -0.1) is 0 Å². The summed E-state index contributed by atoms with van der Waals surface area (Å²) >= 11 is 0. The standard InChI is InChI=1S/C21H27FN4O2/c1-11-8-14(9-12(2)18(11)22)26-19(23)17-15(24-26)10-13-6-7-16(17)25(13)20(27)28-21(3,4)5/h8-9,13,16H,6-7,10,23H2,1-5H3. The molecule has 2 aliphatic heterocycles. The molecule has 1 fully saturated rings. The summed E-state index contributed by atoms with van der Waals surface area (Å²) in [4.78, 5) is 14.6. The van der Waals surface area contributed by atoms with Crippen LogP contribution in [0.4, 0.5) is 15.0 Å². The highest BCUT2D eigenvalue weighted by molar-refractivity contribution is 5.71. The smallest absolute Gasteiger partial charge is 0.411 e. The Morgan fingerprint density at radius 3 is 2.50 bits per heavy atom. The van der Waals surface area contributed by atoms with E-state index >= 15 is 0 Å². The zero-order chi connectivity index (χ0) is 20.4. The minimum atomic E-state index is -0.546. The van der Waals surface area contributed by atoms with Gasteiger partial charge in [-0.05, 0) is 70.7 Å². The van der Waals surface area contributed by atoms with E-state index in [4.69, 9.17) is 15.6 Å². The highest BCUT2D eigenvalue weighted by atomic mass is 19.1. The van der Waals surface area contributed by atoms with Crippen LogP contribution in [0.5, 0.6) is 0 Å². The van der Waals surface area contributed by atoms with Gasteiger partial charge in [-0.1, -0.05) is 0 Å². The Labute approximate surface area is 164 Å². The number of aryl methyl sites for hydroxylation is 2. The second-order valence-electron chi connectivity index (χ2n) is 8.89. The molecule has 2 atom stereocenters. The van der Waals surface area contributed by atoms with Crippen molar-refractivity contribution in [1.29, 1.82) is 0 Å². The largest absolute Gasteiger partial charge is 0.444 e. The lowest BCUT2D eigenvalue weighted by atomic mass is 10.00. The average molecular weight is 386 g/mol. The van der Waals surface area contributed by atoms with Crippen LogP contribution in [0.15, 0.2) is 12.1 Å². The van der Waals surface area contributed by atoms with Crippen LogP contribution in [0.3, 0.4) is 0 Å². The Morgan fingerprint density at radius 2 is 1.89 bits per heavy atom. The molecule has 2 bridgehead atoms. The molecule has 2 aliphatic rings. The van der Waals surface area contributed by atoms with Crippen molar-refractivity contribution in [3.05, 3.63) is 40.3 Å². The van der Waals surface area contributed by atoms with E-state index in [-0.39, 0.29) is 24.0 Å². The van der Waals surface area contributed by atoms with Crippen molar-refractivity contribution in [1.82, 2.24) is 14.7 Å². The number of hydrogen-bond donors (Lipinski definition) is 1. The van der Waals surface area contributed by atoms with Crippen LogP contribution in [0, 0.1) is 19.7 Å². The van der Waals surface area contributed by atoms with E-state index in [2.05, 4.69) is 0 Å². The molecule has 1 amide bonds. The highest BCUT2D eigenvalue weighted by Gasteiger charge is 2.47. The van der Waals surface area contributed by atoms with E-state index in [1.54, 1.807) is 30.7 Å². The Kier molecular flexibility index (Phi) is 4.17. The number of amides is 1. The predicted molar refractivity (Wildman–Crippen MR) is 105 cm³/mol. The molecule has 4 rings (SSSR count). The monoisotopic (exact) mass is 386 g/mol. The third kappa shape index (κ3) is 2.93. The number of carbonyl (C=O) groups excluding carboxylic acids is 1. The SMILES string of the molecule is Cc1cc(-n2nc3c(c2N)C2CCC(C3)N2C(=O)OC(C)(C)C)cc(C)c1F. The summed E-state index contributed by atoms with van der Waals surface area (Å²) in [6.07, 6.45) is 2.11. The molecular formula is C21H27FN4O2. The first kappa shape index (κ1) is 18.8. The number of hydrogen-bond acceptors (Lipinski definition) is 4. The van der Waals surface area contributed by atoms with E-state index in [1.807, 2.05) is 25.7 Å². The summed E-state index contributed by atoms with van der Waals surface area (Å²) < 4.78 is 21.3. The van der Waals surface area contributed by atoms with Gasteiger partial charge in [0.15, 0.2) is 0 Å². The fourth-order valence-electron chi connectivity index (χ4n) is 4.43. The quantitative estimate of drug-likeness (QED) is 0.797. The van der Waals surface area contributed by atoms with E-state index in [0.29, 0.717) is 23.4 Å². The van der Waals surface area contributed by atoms with Gasteiger partial charge < -0.3 is 10.5 Å². The number of halogens is 1. The molecule has 1 aromatic heterocycles. The summed E-state index contributed by atoms with van der Waals surface area (Å²) in [5.74, 6) is 0.300. The maximum absolute atomic E-state index is 14.0. The third-order valence-electron chi connectivity index (χ3n) is 5.57. The topological polar surface area (TPSA) is 73.4 Å². The first-order chi connectivity index (χ1) is 13.1. The number of aromatic nitrogens is 2. The Bertz CT molecular complexity index is 937. The molecule has 7 heteroatoms. The van der Waals surface area contributed by atoms with Crippen molar-refractivity contribution in [3.8, 4) is 5.69 Å². The normalized spacial score (nSPS) is 21.0. The molecule has 0 spiro atoms. The van der Waals surface area contributed by atoms with Crippen molar-refractivity contribution >= 4 is 11.9 Å². The number of carbonyl (C=O) groups is 1. The van der Waals surface area contributed by atoms with Crippen molar-refractivity contribution in [2.45, 2.75) is 71.6 Å². The Hall–Kier alpha value is -2.57. The summed E-state index contributed by atoms with van der Waals surface area (Å²) in [6.45, 7) is 9.07. The lowest BCUT2D eigenvalue weighted by Crippen LogP contribution is -2.44. The molecule has 2 N–H and O–H groups in total. The van der Waals surface area contributed by atoms with Crippen LogP contribution in [-0.4, -0.2) is 32.4 Å². The molecule has 0 aliphatic carbocycles. The van der Waals surface area contributed by atoms with Gasteiger partial charge in [-0.25, -0.2) is 13.9 Å². The first-order valence-electron chi connectivity index (χ1n) is 9.72. The third-order valence-corrected chi connectivity index (χ3v) is 5.57. The summed E-state index contributed by atoms with van der Waals surface area (Å²) in [5.41, 5.74) is 9.62. The lowest BCUT2D eigenvalue weighted by Gasteiger charge is -2.35. The molecule has 0 radical (unpaired) electrons. The highest BCUT2D eigenvalue weighted by Crippen LogP contribution is 2.46. The number of nitrogen functional groups attached to an aromatic ring is 1. The van der Waals surface area contributed by atoms with Gasteiger partial charge >= 0.3 is 6.09 Å². The van der Waals surface area contributed by atoms with Crippen LogP contribution in [0.25, 0.3) is 5.69 Å². The number of ether oxygens (including phenoxy) is 1. The fraction of sp³-hybridized carbons (Fsp3) is 0.524. The molecule has 6 nitrogen and oxygen atoms in total. The maximum atomic E-state index is 14.0. The van der Waals surface area contributed by atoms with Crippen molar-refractivity contribution in [3.63, 3.8) is 0 Å². The molecule has 1 saturated heterocycles. The number of rotatable bonds is 1. The number of nitrogens with zero attached hydrogens (tertiary/aromatic N) is 3. The zero-order valence-electron chi connectivity index (χ0n) is 17.0. The summed E-state index contributed by atoms with van der Waals surface area (Å²) in [7, 11) is 0. The molecule has 28 heavy (non-hydrogen) atoms. The maximum Gasteiger partial charge on any atom is 0.411 e. The minimum absolute atomic E-state index is 0.0757. The van der Waals surface area contributed by atoms with Crippen molar-refractivity contribution in [2.75, 3.05) is 5.73 Å². The van der Waals surface area contributed by atoms with Crippen LogP contribution in [0.2, 0.25) is 0 Å². The fourth-order valence-corrected chi connectivity index (χ4v) is 4.43. The van der Waals surface area contributed by atoms with Crippen LogP contribution in [-0.2, 0) is 11.2 Å². The molecule has 2 unspecified atom stereocenters. The van der Waals surface area contributed by atoms with Crippen LogP contribution < -0.4 is 5.73 Å². The molecule has 0 saturated carbocycles. The van der Waals surface area contributed by atoms with Crippen LogP contribution in [0.1, 0.15) is 62.0 Å². The Morgan fingerprint density at radius 1 is 1.25 bits per heavy atom. The first-order valence-corrected chi connectivity index (χ1v) is 9.72. The number of anilines is 1. The van der Waals surface area contributed by atoms with Crippen molar-refractivity contribution < 1.29 is 13.9 Å². The van der Waals surface area contributed by atoms with E-state index in [9.17, 15) is 9.18 Å². The zero-order valence-corrected chi connectivity index (χ0v) is 17.0. The van der Waals surface area contributed by atoms with Crippen LogP contribution >= 0.6 is 0 Å². The summed E-state index contributed by atoms with van der Waals surface area (Å²) in [5, 5.41) is 4.73. The van der Waals surface area contributed by atoms with Gasteiger partial charge in [0.25, 0.3) is 0 Å². The molecular weight excluding hydrogens is 359 g/mol. The molecule has 1 aromatic carbocycles. The summed E-state index contributed by atoms with van der Waals surface area (Å²) in [6, 6.07) is 3.45. The number of benzene rings is 1. The van der Waals surface area contributed by atoms with E-state index in [0.717, 1.165) is 29.8 Å². The van der Waals surface area contributed by atoms with Gasteiger partial charge in [0.2, 0.25) is 0 Å². The molecule has 2 aromatic rings. The second kappa shape index (κ2) is 6.22. The van der Waals surface area contributed by atoms with Crippen molar-refractivity contribution in [2.24, 2.45) is 0 Å². The number of nitrogens with two attached hydrogens (primary N) is 1.